The molecule has 2 aromatic rings. The lowest BCUT2D eigenvalue weighted by Gasteiger charge is -2.20. The fourth-order valence-corrected chi connectivity index (χ4v) is 3.11. The zero-order valence-electron chi connectivity index (χ0n) is 14.5. The Morgan fingerprint density at radius 2 is 1.88 bits per heavy atom. The normalized spacial score (nSPS) is 21.1. The van der Waals surface area contributed by atoms with Crippen LogP contribution in [0.1, 0.15) is 24.2 Å². The maximum atomic E-state index is 12.6. The smallest absolute Gasteiger partial charge is 0.314 e. The van der Waals surface area contributed by atoms with Crippen molar-refractivity contribution < 1.29 is 9.53 Å². The van der Waals surface area contributed by atoms with Gasteiger partial charge in [0.15, 0.2) is 0 Å². The third-order valence-corrected chi connectivity index (χ3v) is 4.63. The van der Waals surface area contributed by atoms with Gasteiger partial charge in [0.2, 0.25) is 0 Å². The molecule has 1 saturated heterocycles. The summed E-state index contributed by atoms with van der Waals surface area (Å²) in [7, 11) is 1.64. The molecule has 0 aliphatic carbocycles. The van der Waals surface area contributed by atoms with Gasteiger partial charge in [-0.05, 0) is 32.0 Å². The summed E-state index contributed by atoms with van der Waals surface area (Å²) in [5.74, 6) is -0.244. The minimum atomic E-state index is -0.743. The first-order valence-corrected chi connectivity index (χ1v) is 8.23. The summed E-state index contributed by atoms with van der Waals surface area (Å²) in [6.07, 6.45) is -0.0667. The number of carbonyl (C=O) groups is 1. The van der Waals surface area contributed by atoms with E-state index in [1.165, 1.54) is 0 Å². The van der Waals surface area contributed by atoms with Crippen molar-refractivity contribution in [3.63, 3.8) is 0 Å². The molecule has 1 aromatic heterocycles. The van der Waals surface area contributed by atoms with Crippen molar-refractivity contribution in [3.8, 4) is 0 Å². The number of H-pyrrole nitrogens is 2. The monoisotopic (exact) mass is 346 g/mol. The number of carbonyl (C=O) groups excluding carboxylic acids is 1. The van der Waals surface area contributed by atoms with Crippen LogP contribution in [0, 0.1) is 0 Å². The third kappa shape index (κ3) is 3.49. The maximum Gasteiger partial charge on any atom is 0.314 e. The predicted molar refractivity (Wildman–Crippen MR) is 93.9 cm³/mol. The van der Waals surface area contributed by atoms with Crippen LogP contribution in [0.3, 0.4) is 0 Å². The minimum absolute atomic E-state index is 0.0667. The van der Waals surface area contributed by atoms with E-state index >= 15 is 0 Å². The Morgan fingerprint density at radius 1 is 1.20 bits per heavy atom. The van der Waals surface area contributed by atoms with E-state index in [9.17, 15) is 14.4 Å². The van der Waals surface area contributed by atoms with Gasteiger partial charge in [-0.1, -0.05) is 0 Å². The molecule has 1 amide bonds. The molecule has 3 N–H and O–H groups in total. The number of fused-ring (bicyclic) bond motifs is 1. The van der Waals surface area contributed by atoms with Crippen LogP contribution in [0.15, 0.2) is 27.8 Å². The van der Waals surface area contributed by atoms with Crippen molar-refractivity contribution in [2.24, 2.45) is 0 Å². The molecule has 1 fully saturated rings. The van der Waals surface area contributed by atoms with Crippen molar-refractivity contribution in [1.29, 1.82) is 0 Å². The first-order valence-electron chi connectivity index (χ1n) is 8.23. The molecular weight excluding hydrogens is 324 g/mol. The number of amides is 1. The van der Waals surface area contributed by atoms with Crippen molar-refractivity contribution in [2.45, 2.75) is 32.0 Å². The highest BCUT2D eigenvalue weighted by molar-refractivity contribution is 5.97. The Bertz CT molecular complexity index is 901. The van der Waals surface area contributed by atoms with Gasteiger partial charge in [0.1, 0.15) is 0 Å². The molecule has 0 saturated carbocycles. The molecule has 25 heavy (non-hydrogen) atoms. The van der Waals surface area contributed by atoms with Crippen molar-refractivity contribution >= 4 is 16.9 Å². The van der Waals surface area contributed by atoms with Gasteiger partial charge in [-0.2, -0.15) is 0 Å². The first kappa shape index (κ1) is 17.4. The Balaban J connectivity index is 1.81. The van der Waals surface area contributed by atoms with Gasteiger partial charge in [0, 0.05) is 31.8 Å². The summed E-state index contributed by atoms with van der Waals surface area (Å²) >= 11 is 0. The van der Waals surface area contributed by atoms with E-state index in [1.54, 1.807) is 25.3 Å². The highest BCUT2D eigenvalue weighted by atomic mass is 16.5. The standard InChI is InChI=1S/C17H22N4O4/c1-9(2)21-7-13(14(8-21)25-3)20-15(22)10-4-5-11-12(6-10)19-17(24)16(23)18-11/h4-6,9,13-14H,7-8H2,1-3H3,(H,18,23)(H,19,24)(H,20,22)/t13-,14-/m1/s1. The molecular formula is C17H22N4O4. The van der Waals surface area contributed by atoms with Crippen LogP contribution in [0.25, 0.3) is 11.0 Å². The molecule has 1 aromatic carbocycles. The zero-order chi connectivity index (χ0) is 18.1. The lowest BCUT2D eigenvalue weighted by atomic mass is 10.1. The molecule has 134 valence electrons. The first-order chi connectivity index (χ1) is 11.9. The summed E-state index contributed by atoms with van der Waals surface area (Å²) in [6, 6.07) is 5.04. The van der Waals surface area contributed by atoms with Crippen molar-refractivity contribution in [1.82, 2.24) is 20.2 Å². The third-order valence-electron chi connectivity index (χ3n) is 4.63. The Kier molecular flexibility index (Phi) is 4.73. The Morgan fingerprint density at radius 3 is 2.52 bits per heavy atom. The van der Waals surface area contributed by atoms with Crippen LogP contribution in [0.5, 0.6) is 0 Å². The highest BCUT2D eigenvalue weighted by Gasteiger charge is 2.35. The highest BCUT2D eigenvalue weighted by Crippen LogP contribution is 2.17. The van der Waals surface area contributed by atoms with Gasteiger partial charge in [-0.25, -0.2) is 0 Å². The molecule has 8 heteroatoms. The number of hydrogen-bond donors (Lipinski definition) is 3. The van der Waals surface area contributed by atoms with Gasteiger partial charge in [-0.3, -0.25) is 19.3 Å². The Labute approximate surface area is 144 Å². The number of aromatic amines is 2. The van der Waals surface area contributed by atoms with Gasteiger partial charge in [0.25, 0.3) is 5.91 Å². The van der Waals surface area contributed by atoms with Crippen LogP contribution in [0.4, 0.5) is 0 Å². The van der Waals surface area contributed by atoms with E-state index < -0.39 is 11.1 Å². The molecule has 0 spiro atoms. The molecule has 3 rings (SSSR count). The molecule has 8 nitrogen and oxygen atoms in total. The molecule has 1 aliphatic heterocycles. The van der Waals surface area contributed by atoms with Crippen LogP contribution in [-0.2, 0) is 4.74 Å². The van der Waals surface area contributed by atoms with Gasteiger partial charge in [-0.15, -0.1) is 0 Å². The second-order valence-electron chi connectivity index (χ2n) is 6.57. The van der Waals surface area contributed by atoms with Crippen LogP contribution < -0.4 is 16.4 Å². The average molecular weight is 346 g/mol. The summed E-state index contributed by atoms with van der Waals surface area (Å²) in [5, 5.41) is 3.00. The second-order valence-corrected chi connectivity index (χ2v) is 6.57. The van der Waals surface area contributed by atoms with E-state index in [1.807, 2.05) is 0 Å². The Hall–Kier alpha value is -2.45. The summed E-state index contributed by atoms with van der Waals surface area (Å²) < 4.78 is 5.50. The number of ether oxygens (including phenoxy) is 1. The average Bonchev–Trinajstić information content (AvgIpc) is 2.98. The molecule has 2 atom stereocenters. The summed E-state index contributed by atoms with van der Waals surface area (Å²) in [4.78, 5) is 42.6. The molecule has 0 unspecified atom stereocenters. The number of hydrogen-bond acceptors (Lipinski definition) is 5. The summed E-state index contributed by atoms with van der Waals surface area (Å²) in [6.45, 7) is 5.71. The molecule has 1 aliphatic rings. The lowest BCUT2D eigenvalue weighted by molar-refractivity contribution is 0.0753. The quantitative estimate of drug-likeness (QED) is 0.678. The van der Waals surface area contributed by atoms with Crippen LogP contribution in [-0.4, -0.2) is 59.2 Å². The number of benzene rings is 1. The summed E-state index contributed by atoms with van der Waals surface area (Å²) in [5.41, 5.74) is -0.160. The number of aromatic nitrogens is 2. The van der Waals surface area contributed by atoms with Gasteiger partial charge < -0.3 is 20.0 Å². The second kappa shape index (κ2) is 6.81. The van der Waals surface area contributed by atoms with E-state index in [2.05, 4.69) is 34.0 Å². The van der Waals surface area contributed by atoms with Crippen LogP contribution in [0.2, 0.25) is 0 Å². The zero-order valence-corrected chi connectivity index (χ0v) is 14.5. The molecule has 2 heterocycles. The maximum absolute atomic E-state index is 12.6. The van der Waals surface area contributed by atoms with Crippen molar-refractivity contribution in [2.75, 3.05) is 20.2 Å². The number of likely N-dealkylation sites (tertiary alicyclic amines) is 1. The fraction of sp³-hybridized carbons (Fsp3) is 0.471. The van der Waals surface area contributed by atoms with Crippen molar-refractivity contribution in [3.05, 3.63) is 44.5 Å². The van der Waals surface area contributed by atoms with Gasteiger partial charge >= 0.3 is 11.1 Å². The minimum Gasteiger partial charge on any atom is -0.378 e. The number of nitrogens with zero attached hydrogens (tertiary/aromatic N) is 1. The largest absolute Gasteiger partial charge is 0.378 e. The van der Waals surface area contributed by atoms with E-state index in [-0.39, 0.29) is 18.1 Å². The van der Waals surface area contributed by atoms with E-state index in [4.69, 9.17) is 4.74 Å². The number of methoxy groups -OCH3 is 1. The van der Waals surface area contributed by atoms with E-state index in [0.717, 1.165) is 13.1 Å². The molecule has 0 radical (unpaired) electrons. The predicted octanol–water partition coefficient (Wildman–Crippen LogP) is 0.0538. The SMILES string of the molecule is CO[C@@H]1CN(C(C)C)C[C@H]1NC(=O)c1ccc2[nH]c(=O)c(=O)[nH]c2c1. The van der Waals surface area contributed by atoms with Gasteiger partial charge in [0.05, 0.1) is 23.2 Å². The number of rotatable bonds is 4. The number of nitrogens with one attached hydrogen (secondary N) is 3. The van der Waals surface area contributed by atoms with Crippen LogP contribution >= 0.6 is 0 Å². The van der Waals surface area contributed by atoms with E-state index in [0.29, 0.717) is 22.6 Å². The lowest BCUT2D eigenvalue weighted by Crippen LogP contribution is -2.43. The molecule has 0 bridgehead atoms. The topological polar surface area (TPSA) is 107 Å². The fourth-order valence-electron chi connectivity index (χ4n) is 3.11.